The van der Waals surface area contributed by atoms with Gasteiger partial charge in [0.05, 0.1) is 13.2 Å². The lowest BCUT2D eigenvalue weighted by molar-refractivity contribution is 0.303. The lowest BCUT2D eigenvalue weighted by Gasteiger charge is -2.33. The highest BCUT2D eigenvalue weighted by atomic mass is 32.1. The molecule has 356 valence electrons. The van der Waals surface area contributed by atoms with E-state index in [0.717, 1.165) is 37.6 Å². The Labute approximate surface area is 405 Å². The highest BCUT2D eigenvalue weighted by Crippen LogP contribution is 2.58. The molecule has 0 N–H and O–H groups in total. The first-order valence-corrected chi connectivity index (χ1v) is 28.2. The van der Waals surface area contributed by atoms with Gasteiger partial charge in [-0.2, -0.15) is 0 Å². The molecule has 66 heavy (non-hydrogen) atoms. The van der Waals surface area contributed by atoms with Crippen molar-refractivity contribution in [2.45, 2.75) is 214 Å². The van der Waals surface area contributed by atoms with E-state index in [2.05, 4.69) is 114 Å². The highest BCUT2D eigenvalue weighted by Gasteiger charge is 2.43. The second-order valence-corrected chi connectivity index (χ2v) is 21.4. The lowest BCUT2D eigenvalue weighted by atomic mass is 9.69. The summed E-state index contributed by atoms with van der Waals surface area (Å²) in [5.41, 5.74) is 11.3. The number of thiophene rings is 1. The van der Waals surface area contributed by atoms with E-state index in [1.807, 2.05) is 11.3 Å². The van der Waals surface area contributed by atoms with E-state index in [-0.39, 0.29) is 5.41 Å². The van der Waals surface area contributed by atoms with Crippen LogP contribution < -0.4 is 9.47 Å². The average molecular weight is 907 g/mol. The molecule has 0 spiro atoms. The first kappa shape index (κ1) is 50.1. The molecule has 3 heteroatoms. The summed E-state index contributed by atoms with van der Waals surface area (Å²) in [6, 6.07) is 29.0. The van der Waals surface area contributed by atoms with Gasteiger partial charge in [0.1, 0.15) is 11.5 Å². The molecule has 2 nitrogen and oxygen atoms in total. The Morgan fingerprint density at radius 2 is 0.909 bits per heavy atom. The van der Waals surface area contributed by atoms with E-state index in [4.69, 9.17) is 9.47 Å². The summed E-state index contributed by atoms with van der Waals surface area (Å²) in [4.78, 5) is 0. The molecule has 0 atom stereocenters. The monoisotopic (exact) mass is 907 g/mol. The van der Waals surface area contributed by atoms with Gasteiger partial charge in [0.15, 0.2) is 0 Å². The van der Waals surface area contributed by atoms with Crippen LogP contribution in [0.3, 0.4) is 0 Å². The molecule has 1 heterocycles. The van der Waals surface area contributed by atoms with Crippen molar-refractivity contribution in [2.75, 3.05) is 13.2 Å². The summed E-state index contributed by atoms with van der Waals surface area (Å²) in [5, 5.41) is 5.40. The topological polar surface area (TPSA) is 18.5 Å². The zero-order valence-electron chi connectivity index (χ0n) is 42.5. The van der Waals surface area contributed by atoms with Gasteiger partial charge in [0, 0.05) is 31.2 Å². The summed E-state index contributed by atoms with van der Waals surface area (Å²) in [7, 11) is 0. The summed E-state index contributed by atoms with van der Waals surface area (Å²) >= 11 is 1.93. The predicted molar refractivity (Wildman–Crippen MR) is 292 cm³/mol. The van der Waals surface area contributed by atoms with Crippen molar-refractivity contribution in [3.05, 3.63) is 95.1 Å². The van der Waals surface area contributed by atoms with Gasteiger partial charge in [-0.3, -0.25) is 0 Å². The number of aryl methyl sites for hydroxylation is 2. The van der Waals surface area contributed by atoms with Crippen molar-refractivity contribution in [3.8, 4) is 33.8 Å². The molecule has 0 saturated carbocycles. The van der Waals surface area contributed by atoms with Gasteiger partial charge in [-0.1, -0.05) is 211 Å². The molecule has 7 rings (SSSR count). The highest BCUT2D eigenvalue weighted by molar-refractivity contribution is 7.25. The van der Waals surface area contributed by atoms with Crippen molar-refractivity contribution in [1.29, 1.82) is 0 Å². The molecule has 1 aromatic heterocycles. The quantitative estimate of drug-likeness (QED) is 0.0405. The van der Waals surface area contributed by atoms with Crippen LogP contribution in [0.25, 0.3) is 53.2 Å². The van der Waals surface area contributed by atoms with Crippen LogP contribution in [0, 0.1) is 13.8 Å². The summed E-state index contributed by atoms with van der Waals surface area (Å²) in [6.45, 7) is 15.4. The number of hydrogen-bond acceptors (Lipinski definition) is 3. The van der Waals surface area contributed by atoms with Crippen molar-refractivity contribution >= 4 is 42.3 Å². The third kappa shape index (κ3) is 12.1. The third-order valence-corrected chi connectivity index (χ3v) is 16.3. The molecule has 1 aliphatic carbocycles. The van der Waals surface area contributed by atoms with Gasteiger partial charge in [0.25, 0.3) is 0 Å². The summed E-state index contributed by atoms with van der Waals surface area (Å²) in [6.07, 6.45) is 33.5. The Bertz CT molecular complexity index is 2420. The minimum absolute atomic E-state index is 0.00433. The summed E-state index contributed by atoms with van der Waals surface area (Å²) < 4.78 is 16.2. The molecule has 1 aliphatic rings. The maximum Gasteiger partial charge on any atom is 0.127 e. The Balaban J connectivity index is 1.30. The fourth-order valence-corrected chi connectivity index (χ4v) is 12.5. The predicted octanol–water partition coefficient (Wildman–Crippen LogP) is 20.7. The van der Waals surface area contributed by atoms with E-state index in [1.165, 1.54) is 218 Å². The minimum atomic E-state index is -0.00433. The zero-order chi connectivity index (χ0) is 46.1. The zero-order valence-corrected chi connectivity index (χ0v) is 43.3. The Kier molecular flexibility index (Phi) is 19.4. The van der Waals surface area contributed by atoms with Gasteiger partial charge < -0.3 is 9.47 Å². The second kappa shape index (κ2) is 25.5. The molecule has 0 fully saturated rings. The number of fused-ring (bicyclic) bond motifs is 8. The molecular formula is C63H86O2S. The molecular weight excluding hydrogens is 821 g/mol. The van der Waals surface area contributed by atoms with E-state index in [0.29, 0.717) is 0 Å². The van der Waals surface area contributed by atoms with Crippen molar-refractivity contribution in [2.24, 2.45) is 0 Å². The van der Waals surface area contributed by atoms with Crippen molar-refractivity contribution in [1.82, 2.24) is 0 Å². The second-order valence-electron chi connectivity index (χ2n) is 20.3. The van der Waals surface area contributed by atoms with Crippen molar-refractivity contribution < 1.29 is 9.47 Å². The van der Waals surface area contributed by atoms with Gasteiger partial charge >= 0.3 is 0 Å². The lowest BCUT2D eigenvalue weighted by Crippen LogP contribution is -2.26. The van der Waals surface area contributed by atoms with Crippen LogP contribution in [-0.4, -0.2) is 13.2 Å². The van der Waals surface area contributed by atoms with Gasteiger partial charge in [0.2, 0.25) is 0 Å². The van der Waals surface area contributed by atoms with Crippen LogP contribution in [0.5, 0.6) is 11.5 Å². The number of ether oxygens (including phenoxy) is 2. The Hall–Kier alpha value is -3.82. The van der Waals surface area contributed by atoms with E-state index < -0.39 is 0 Å². The largest absolute Gasteiger partial charge is 0.493 e. The van der Waals surface area contributed by atoms with E-state index in [1.54, 1.807) is 11.1 Å². The third-order valence-electron chi connectivity index (χ3n) is 15.2. The molecule has 0 amide bonds. The Morgan fingerprint density at radius 1 is 0.409 bits per heavy atom. The molecule has 6 aromatic rings. The maximum absolute atomic E-state index is 7.00. The average Bonchev–Trinajstić information content (AvgIpc) is 3.81. The normalized spacial score (nSPS) is 13.0. The SMILES string of the molecule is CCCCCCCCOc1cc2c(cc1C)sc1cc(-c3ccc4c(c3)C(CCCCCCCC)(CCCCCCCC)c3cc(C)c5ccccc5c3-4)c(OCCCCCCCC)cc12. The van der Waals surface area contributed by atoms with Crippen LogP contribution in [0.15, 0.2) is 72.8 Å². The first-order valence-electron chi connectivity index (χ1n) is 27.4. The van der Waals surface area contributed by atoms with Gasteiger partial charge in [-0.25, -0.2) is 0 Å². The van der Waals surface area contributed by atoms with Crippen LogP contribution in [0.2, 0.25) is 0 Å². The van der Waals surface area contributed by atoms with Crippen LogP contribution >= 0.6 is 11.3 Å². The fourth-order valence-electron chi connectivity index (χ4n) is 11.3. The van der Waals surface area contributed by atoms with Gasteiger partial charge in [-0.15, -0.1) is 11.3 Å². The number of unbranched alkanes of at least 4 members (excludes halogenated alkanes) is 20. The van der Waals surface area contributed by atoms with Crippen LogP contribution in [-0.2, 0) is 5.41 Å². The maximum atomic E-state index is 7.00. The molecule has 0 saturated heterocycles. The van der Waals surface area contributed by atoms with Crippen molar-refractivity contribution in [3.63, 3.8) is 0 Å². The molecule has 0 bridgehead atoms. The molecule has 0 unspecified atom stereocenters. The molecule has 0 radical (unpaired) electrons. The summed E-state index contributed by atoms with van der Waals surface area (Å²) in [5.74, 6) is 2.06. The van der Waals surface area contributed by atoms with Crippen LogP contribution in [0.1, 0.15) is 217 Å². The first-order chi connectivity index (χ1) is 32.4. The number of rotatable bonds is 31. The standard InChI is InChI=1S/C63H86O2S/c1-7-11-15-19-23-29-37-63(38-30-24-20-16-12-8-2)56-43-49(35-36-52(56)62-51-34-28-27-33-50(51)47(5)41-57(62)63)53-46-61-55(45-59(53)65-40-32-26-22-18-14-10-4)54-44-58(48(6)42-60(54)66-61)64-39-31-25-21-17-13-9-3/h27-28,33-36,41-46H,7-26,29-32,37-40H2,1-6H3. The number of hydrogen-bond donors (Lipinski definition) is 0. The Morgan fingerprint density at radius 3 is 1.50 bits per heavy atom. The smallest absolute Gasteiger partial charge is 0.127 e. The minimum Gasteiger partial charge on any atom is -0.493 e. The van der Waals surface area contributed by atoms with E-state index in [9.17, 15) is 0 Å². The molecule has 0 aliphatic heterocycles. The van der Waals surface area contributed by atoms with E-state index >= 15 is 0 Å². The molecule has 5 aromatic carbocycles. The van der Waals surface area contributed by atoms with Crippen LogP contribution in [0.4, 0.5) is 0 Å². The number of benzene rings is 5. The van der Waals surface area contributed by atoms with Gasteiger partial charge in [-0.05, 0) is 120 Å². The fraction of sp³-hybridized carbons (Fsp3) is 0.556.